The van der Waals surface area contributed by atoms with E-state index in [9.17, 15) is 22.8 Å². The number of ether oxygens (including phenoxy) is 1. The van der Waals surface area contributed by atoms with Crippen LogP contribution in [0.2, 0.25) is 0 Å². The van der Waals surface area contributed by atoms with Crippen LogP contribution in [0, 0.1) is 16.7 Å². The van der Waals surface area contributed by atoms with Gasteiger partial charge >= 0.3 is 12.1 Å². The largest absolute Gasteiger partial charge is 0.469 e. The van der Waals surface area contributed by atoms with E-state index < -0.39 is 22.6 Å². The molecule has 3 atom stereocenters. The number of aromatic nitrogens is 1. The number of hydrogen-bond acceptors (Lipinski definition) is 5. The molecule has 0 radical (unpaired) electrons. The molecule has 2 heterocycles. The molecule has 34 heavy (non-hydrogen) atoms. The van der Waals surface area contributed by atoms with Crippen LogP contribution in [0.4, 0.5) is 13.2 Å². The molecular formula is C25H36F3N3O3. The van der Waals surface area contributed by atoms with Crippen molar-refractivity contribution in [3.8, 4) is 0 Å². The highest BCUT2D eigenvalue weighted by Gasteiger charge is 2.50. The van der Waals surface area contributed by atoms with E-state index in [1.165, 1.54) is 7.11 Å². The Balaban J connectivity index is 1.76. The Bertz CT molecular complexity index is 932. The van der Waals surface area contributed by atoms with Crippen LogP contribution >= 0.6 is 0 Å². The number of alkyl halides is 3. The van der Waals surface area contributed by atoms with Gasteiger partial charge in [-0.2, -0.15) is 13.2 Å². The molecule has 190 valence electrons. The fourth-order valence-corrected chi connectivity index (χ4v) is 5.25. The van der Waals surface area contributed by atoms with E-state index in [0.29, 0.717) is 37.1 Å². The van der Waals surface area contributed by atoms with E-state index in [-0.39, 0.29) is 36.4 Å². The highest BCUT2D eigenvalue weighted by Crippen LogP contribution is 2.47. The van der Waals surface area contributed by atoms with Gasteiger partial charge in [-0.1, -0.05) is 13.8 Å². The van der Waals surface area contributed by atoms with Gasteiger partial charge in [-0.3, -0.25) is 14.6 Å². The SMILES string of the molecule is COC(=O)C(C)(C)C(C)N[C@@H]1CC[C@@](C(=O)N2CCc3ncc(C(F)(F)F)cc3C2)(C(C)C)C1. The maximum Gasteiger partial charge on any atom is 0.417 e. The molecule has 1 aliphatic heterocycles. The number of esters is 1. The zero-order chi connectivity index (χ0) is 25.5. The number of fused-ring (bicyclic) bond motifs is 1. The molecule has 1 saturated carbocycles. The van der Waals surface area contributed by atoms with Crippen LogP contribution in [0.1, 0.15) is 70.7 Å². The van der Waals surface area contributed by atoms with Crippen LogP contribution in [0.15, 0.2) is 12.3 Å². The Morgan fingerprint density at radius 2 is 1.94 bits per heavy atom. The van der Waals surface area contributed by atoms with E-state index in [4.69, 9.17) is 4.74 Å². The van der Waals surface area contributed by atoms with Gasteiger partial charge in [0.1, 0.15) is 0 Å². The highest BCUT2D eigenvalue weighted by atomic mass is 19.4. The van der Waals surface area contributed by atoms with Crippen molar-refractivity contribution in [2.24, 2.45) is 16.7 Å². The first-order valence-corrected chi connectivity index (χ1v) is 11.9. The number of carbonyl (C=O) groups excluding carboxylic acids is 2. The lowest BCUT2D eigenvalue weighted by molar-refractivity contribution is -0.152. The first kappa shape index (κ1) is 26.4. The quantitative estimate of drug-likeness (QED) is 0.609. The van der Waals surface area contributed by atoms with Crippen molar-refractivity contribution in [3.05, 3.63) is 29.1 Å². The van der Waals surface area contributed by atoms with Gasteiger partial charge in [-0.15, -0.1) is 0 Å². The number of amides is 1. The Kier molecular flexibility index (Phi) is 7.37. The lowest BCUT2D eigenvalue weighted by Crippen LogP contribution is -2.50. The second-order valence-electron chi connectivity index (χ2n) is 10.7. The van der Waals surface area contributed by atoms with Crippen molar-refractivity contribution in [3.63, 3.8) is 0 Å². The zero-order valence-electron chi connectivity index (χ0n) is 20.9. The van der Waals surface area contributed by atoms with Gasteiger partial charge in [0, 0.05) is 43.5 Å². The van der Waals surface area contributed by atoms with Crippen LogP contribution in [-0.2, 0) is 33.5 Å². The Morgan fingerprint density at radius 3 is 2.53 bits per heavy atom. The molecule has 0 bridgehead atoms. The smallest absolute Gasteiger partial charge is 0.417 e. The molecule has 1 aromatic rings. The molecule has 1 aromatic heterocycles. The summed E-state index contributed by atoms with van der Waals surface area (Å²) in [5.74, 6) is -0.234. The minimum Gasteiger partial charge on any atom is -0.469 e. The average Bonchev–Trinajstić information content (AvgIpc) is 3.21. The lowest BCUT2D eigenvalue weighted by Gasteiger charge is -2.40. The number of methoxy groups -OCH3 is 1. The second-order valence-corrected chi connectivity index (χ2v) is 10.7. The fraction of sp³-hybridized carbons (Fsp3) is 0.720. The highest BCUT2D eigenvalue weighted by molar-refractivity contribution is 5.84. The Hall–Kier alpha value is -2.16. The molecule has 1 aliphatic carbocycles. The summed E-state index contributed by atoms with van der Waals surface area (Å²) in [5, 5.41) is 3.53. The van der Waals surface area contributed by atoms with Gasteiger partial charge in [0.25, 0.3) is 0 Å². The summed E-state index contributed by atoms with van der Waals surface area (Å²) in [4.78, 5) is 31.7. The van der Waals surface area contributed by atoms with E-state index >= 15 is 0 Å². The fourth-order valence-electron chi connectivity index (χ4n) is 5.25. The monoisotopic (exact) mass is 483 g/mol. The van der Waals surface area contributed by atoms with Crippen molar-refractivity contribution < 1.29 is 27.5 Å². The third kappa shape index (κ3) is 4.95. The van der Waals surface area contributed by atoms with E-state index in [1.54, 1.807) is 4.90 Å². The summed E-state index contributed by atoms with van der Waals surface area (Å²) in [7, 11) is 1.37. The molecule has 6 nitrogen and oxygen atoms in total. The average molecular weight is 484 g/mol. The molecule has 1 fully saturated rings. The predicted octanol–water partition coefficient (Wildman–Crippen LogP) is 4.36. The first-order chi connectivity index (χ1) is 15.7. The van der Waals surface area contributed by atoms with Gasteiger partial charge in [0.05, 0.1) is 23.5 Å². The molecule has 0 spiro atoms. The standard InChI is InChI=1S/C25H36F3N3O3/c1-15(2)24(9-7-19(12-24)30-16(3)23(4,5)22(33)34-6)21(32)31-10-8-20-17(14-31)11-18(13-29-20)25(26,27)28/h11,13,15-16,19,30H,7-10,12,14H2,1-6H3/t16?,19-,24+/m1/s1. The first-order valence-electron chi connectivity index (χ1n) is 11.9. The molecule has 1 N–H and O–H groups in total. The van der Waals surface area contributed by atoms with Crippen molar-refractivity contribution >= 4 is 11.9 Å². The van der Waals surface area contributed by atoms with Crippen molar-refractivity contribution in [1.29, 1.82) is 0 Å². The number of carbonyl (C=O) groups is 2. The Morgan fingerprint density at radius 1 is 1.26 bits per heavy atom. The maximum absolute atomic E-state index is 13.8. The zero-order valence-corrected chi connectivity index (χ0v) is 20.9. The van der Waals surface area contributed by atoms with Crippen molar-refractivity contribution in [1.82, 2.24) is 15.2 Å². The number of pyridine rings is 1. The second kappa shape index (κ2) is 9.47. The van der Waals surface area contributed by atoms with Crippen LogP contribution < -0.4 is 5.32 Å². The maximum atomic E-state index is 13.8. The van der Waals surface area contributed by atoms with Gasteiger partial charge < -0.3 is 15.0 Å². The number of nitrogens with one attached hydrogen (secondary N) is 1. The van der Waals surface area contributed by atoms with Crippen LogP contribution in [-0.4, -0.2) is 47.5 Å². The van der Waals surface area contributed by atoms with Crippen LogP contribution in [0.3, 0.4) is 0 Å². The van der Waals surface area contributed by atoms with E-state index in [2.05, 4.69) is 10.3 Å². The van der Waals surface area contributed by atoms with Crippen molar-refractivity contribution in [2.45, 2.75) is 85.1 Å². The summed E-state index contributed by atoms with van der Waals surface area (Å²) in [6.07, 6.45) is -1.05. The lowest BCUT2D eigenvalue weighted by atomic mass is 9.73. The molecule has 2 aliphatic rings. The summed E-state index contributed by atoms with van der Waals surface area (Å²) in [6.45, 7) is 10.3. The normalized spacial score (nSPS) is 24.2. The van der Waals surface area contributed by atoms with E-state index in [1.807, 2.05) is 34.6 Å². The summed E-state index contributed by atoms with van der Waals surface area (Å²) in [5.41, 5.74) is -1.01. The molecule has 9 heteroatoms. The Labute approximate surface area is 199 Å². The van der Waals surface area contributed by atoms with Gasteiger partial charge in [0.2, 0.25) is 5.91 Å². The minimum atomic E-state index is -4.47. The number of rotatable bonds is 6. The van der Waals surface area contributed by atoms with Gasteiger partial charge in [-0.25, -0.2) is 0 Å². The molecule has 1 unspecified atom stereocenters. The molecular weight excluding hydrogens is 447 g/mol. The topological polar surface area (TPSA) is 71.5 Å². The summed E-state index contributed by atoms with van der Waals surface area (Å²) >= 11 is 0. The third-order valence-corrected chi connectivity index (χ3v) is 8.01. The number of nitrogens with zero attached hydrogens (tertiary/aromatic N) is 2. The number of hydrogen-bond donors (Lipinski definition) is 1. The van der Waals surface area contributed by atoms with Crippen molar-refractivity contribution in [2.75, 3.05) is 13.7 Å². The van der Waals surface area contributed by atoms with E-state index in [0.717, 1.165) is 18.7 Å². The van der Waals surface area contributed by atoms with Gasteiger partial charge in [-0.05, 0) is 57.6 Å². The summed E-state index contributed by atoms with van der Waals surface area (Å²) < 4.78 is 44.5. The molecule has 0 saturated heterocycles. The predicted molar refractivity (Wildman–Crippen MR) is 122 cm³/mol. The third-order valence-electron chi connectivity index (χ3n) is 8.01. The molecule has 1 amide bonds. The number of halogens is 3. The molecule has 0 aromatic carbocycles. The minimum absolute atomic E-state index is 0.00487. The summed E-state index contributed by atoms with van der Waals surface area (Å²) in [6, 6.07) is 1.02. The molecule has 3 rings (SSSR count). The van der Waals surface area contributed by atoms with Gasteiger partial charge in [0.15, 0.2) is 0 Å². The van der Waals surface area contributed by atoms with Crippen LogP contribution in [0.25, 0.3) is 0 Å². The van der Waals surface area contributed by atoms with Crippen LogP contribution in [0.5, 0.6) is 0 Å².